The Hall–Kier alpha value is -2.34. The van der Waals surface area contributed by atoms with Crippen molar-refractivity contribution in [2.24, 2.45) is 5.73 Å². The Bertz CT molecular complexity index is 598. The monoisotopic (exact) mass is 272 g/mol. The summed E-state index contributed by atoms with van der Waals surface area (Å²) in [6.45, 7) is 2.03. The first kappa shape index (κ1) is 14.1. The predicted molar refractivity (Wildman–Crippen MR) is 76.1 cm³/mol. The number of aromatic nitrogens is 2. The molecule has 0 saturated carbocycles. The molecule has 0 bridgehead atoms. The molecule has 1 atom stereocenters. The van der Waals surface area contributed by atoms with E-state index in [0.717, 1.165) is 18.4 Å². The minimum atomic E-state index is -0.432. The van der Waals surface area contributed by atoms with Crippen LogP contribution in [0.25, 0.3) is 11.4 Å². The molecule has 1 aromatic heterocycles. The van der Waals surface area contributed by atoms with Gasteiger partial charge in [0.2, 0.25) is 0 Å². The molecule has 0 spiro atoms. The number of non-ortho nitro benzene ring substituents is 1. The molecular formula is C14H16N4O2. The standard InChI is InChI=1S/C14H16N4O2/c1-2-12(15)6-10-8-16-14(17-9-10)11-4-3-5-13(7-11)18(19)20/h3-5,7-9,12H,2,6,15H2,1H3. The van der Waals surface area contributed by atoms with E-state index >= 15 is 0 Å². The molecule has 0 aliphatic rings. The molecule has 2 N–H and O–H groups in total. The first-order valence-corrected chi connectivity index (χ1v) is 6.41. The van der Waals surface area contributed by atoms with Crippen molar-refractivity contribution in [3.05, 3.63) is 52.3 Å². The zero-order valence-electron chi connectivity index (χ0n) is 11.2. The maximum Gasteiger partial charge on any atom is 0.270 e. The molecular weight excluding hydrogens is 256 g/mol. The highest BCUT2D eigenvalue weighted by atomic mass is 16.6. The van der Waals surface area contributed by atoms with Crippen molar-refractivity contribution in [1.82, 2.24) is 9.97 Å². The van der Waals surface area contributed by atoms with E-state index < -0.39 is 4.92 Å². The van der Waals surface area contributed by atoms with E-state index in [2.05, 4.69) is 9.97 Å². The Balaban J connectivity index is 2.21. The SMILES string of the molecule is CCC(N)Cc1cnc(-c2cccc([N+](=O)[O-])c2)nc1. The van der Waals surface area contributed by atoms with Crippen molar-refractivity contribution in [2.75, 3.05) is 0 Å². The normalized spacial score (nSPS) is 12.1. The zero-order valence-corrected chi connectivity index (χ0v) is 11.2. The number of hydrogen-bond acceptors (Lipinski definition) is 5. The molecule has 0 aliphatic heterocycles. The molecule has 1 aromatic carbocycles. The number of nitrogens with zero attached hydrogens (tertiary/aromatic N) is 3. The van der Waals surface area contributed by atoms with Gasteiger partial charge < -0.3 is 5.73 Å². The molecule has 0 radical (unpaired) electrons. The van der Waals surface area contributed by atoms with Gasteiger partial charge >= 0.3 is 0 Å². The molecule has 6 nitrogen and oxygen atoms in total. The van der Waals surface area contributed by atoms with Crippen LogP contribution in [0.5, 0.6) is 0 Å². The molecule has 0 fully saturated rings. The first-order valence-electron chi connectivity index (χ1n) is 6.41. The highest BCUT2D eigenvalue weighted by Crippen LogP contribution is 2.20. The number of benzene rings is 1. The quantitative estimate of drug-likeness (QED) is 0.665. The van der Waals surface area contributed by atoms with Crippen molar-refractivity contribution in [1.29, 1.82) is 0 Å². The van der Waals surface area contributed by atoms with Crippen LogP contribution < -0.4 is 5.73 Å². The highest BCUT2D eigenvalue weighted by molar-refractivity contribution is 5.58. The van der Waals surface area contributed by atoms with Crippen LogP contribution in [0, 0.1) is 10.1 Å². The number of rotatable bonds is 5. The third-order valence-corrected chi connectivity index (χ3v) is 3.04. The van der Waals surface area contributed by atoms with Crippen LogP contribution in [-0.4, -0.2) is 20.9 Å². The summed E-state index contributed by atoms with van der Waals surface area (Å²) in [5, 5.41) is 10.7. The van der Waals surface area contributed by atoms with Crippen LogP contribution in [0.15, 0.2) is 36.7 Å². The smallest absolute Gasteiger partial charge is 0.270 e. The van der Waals surface area contributed by atoms with E-state index in [0.29, 0.717) is 11.4 Å². The van der Waals surface area contributed by atoms with Crippen LogP contribution in [-0.2, 0) is 6.42 Å². The Labute approximate surface area is 116 Å². The van der Waals surface area contributed by atoms with E-state index in [1.54, 1.807) is 24.5 Å². The van der Waals surface area contributed by atoms with Gasteiger partial charge in [-0.2, -0.15) is 0 Å². The molecule has 6 heteroatoms. The molecule has 20 heavy (non-hydrogen) atoms. The number of nitrogens with two attached hydrogens (primary N) is 1. The van der Waals surface area contributed by atoms with E-state index in [-0.39, 0.29) is 11.7 Å². The van der Waals surface area contributed by atoms with Gasteiger partial charge in [-0.15, -0.1) is 0 Å². The Morgan fingerprint density at radius 1 is 1.35 bits per heavy atom. The molecule has 0 amide bonds. The fraction of sp³-hybridized carbons (Fsp3) is 0.286. The van der Waals surface area contributed by atoms with Gasteiger partial charge in [0.1, 0.15) is 0 Å². The topological polar surface area (TPSA) is 94.9 Å². The first-order chi connectivity index (χ1) is 9.60. The second-order valence-electron chi connectivity index (χ2n) is 4.59. The summed E-state index contributed by atoms with van der Waals surface area (Å²) in [6.07, 6.45) is 5.06. The van der Waals surface area contributed by atoms with Gasteiger partial charge in [0, 0.05) is 36.1 Å². The van der Waals surface area contributed by atoms with E-state index in [1.807, 2.05) is 6.92 Å². The minimum absolute atomic E-state index is 0.0307. The summed E-state index contributed by atoms with van der Waals surface area (Å²) < 4.78 is 0. The third-order valence-electron chi connectivity index (χ3n) is 3.04. The average Bonchev–Trinajstić information content (AvgIpc) is 2.48. The summed E-state index contributed by atoms with van der Waals surface area (Å²) in [4.78, 5) is 18.8. The second kappa shape index (κ2) is 6.21. The van der Waals surface area contributed by atoms with Gasteiger partial charge in [0.15, 0.2) is 5.82 Å². The Kier molecular flexibility index (Phi) is 4.37. The minimum Gasteiger partial charge on any atom is -0.327 e. The van der Waals surface area contributed by atoms with Gasteiger partial charge in [-0.1, -0.05) is 19.1 Å². The summed E-state index contributed by atoms with van der Waals surface area (Å²) in [5.41, 5.74) is 7.50. The van der Waals surface area contributed by atoms with Gasteiger partial charge in [-0.05, 0) is 18.4 Å². The molecule has 2 rings (SSSR count). The van der Waals surface area contributed by atoms with Crippen molar-refractivity contribution >= 4 is 5.69 Å². The third kappa shape index (κ3) is 3.36. The molecule has 1 heterocycles. The van der Waals surface area contributed by atoms with E-state index in [4.69, 9.17) is 5.73 Å². The molecule has 1 unspecified atom stereocenters. The van der Waals surface area contributed by atoms with E-state index in [1.165, 1.54) is 12.1 Å². The zero-order chi connectivity index (χ0) is 14.5. The van der Waals surface area contributed by atoms with Crippen LogP contribution in [0.4, 0.5) is 5.69 Å². The highest BCUT2D eigenvalue weighted by Gasteiger charge is 2.09. The predicted octanol–water partition coefficient (Wildman–Crippen LogP) is 2.33. The lowest BCUT2D eigenvalue weighted by Gasteiger charge is -2.08. The Morgan fingerprint density at radius 3 is 2.65 bits per heavy atom. The van der Waals surface area contributed by atoms with Crippen molar-refractivity contribution in [3.8, 4) is 11.4 Å². The van der Waals surface area contributed by atoms with Crippen molar-refractivity contribution in [2.45, 2.75) is 25.8 Å². The molecule has 104 valence electrons. The van der Waals surface area contributed by atoms with Crippen LogP contribution in [0.1, 0.15) is 18.9 Å². The molecule has 2 aromatic rings. The summed E-state index contributed by atoms with van der Waals surface area (Å²) in [6, 6.07) is 6.38. The summed E-state index contributed by atoms with van der Waals surface area (Å²) in [7, 11) is 0. The molecule has 0 aliphatic carbocycles. The van der Waals surface area contributed by atoms with Gasteiger partial charge in [0.25, 0.3) is 5.69 Å². The number of hydrogen-bond donors (Lipinski definition) is 1. The lowest BCUT2D eigenvalue weighted by molar-refractivity contribution is -0.384. The fourth-order valence-corrected chi connectivity index (χ4v) is 1.81. The van der Waals surface area contributed by atoms with Crippen LogP contribution >= 0.6 is 0 Å². The summed E-state index contributed by atoms with van der Waals surface area (Å²) >= 11 is 0. The summed E-state index contributed by atoms with van der Waals surface area (Å²) in [5.74, 6) is 0.475. The van der Waals surface area contributed by atoms with Crippen molar-refractivity contribution < 1.29 is 4.92 Å². The van der Waals surface area contributed by atoms with Crippen LogP contribution in [0.2, 0.25) is 0 Å². The van der Waals surface area contributed by atoms with Crippen LogP contribution in [0.3, 0.4) is 0 Å². The lowest BCUT2D eigenvalue weighted by Crippen LogP contribution is -2.21. The average molecular weight is 272 g/mol. The van der Waals surface area contributed by atoms with Crippen molar-refractivity contribution in [3.63, 3.8) is 0 Å². The van der Waals surface area contributed by atoms with Gasteiger partial charge in [-0.3, -0.25) is 10.1 Å². The van der Waals surface area contributed by atoms with Gasteiger partial charge in [0.05, 0.1) is 4.92 Å². The second-order valence-corrected chi connectivity index (χ2v) is 4.59. The fourth-order valence-electron chi connectivity index (χ4n) is 1.81. The number of nitro benzene ring substituents is 1. The van der Waals surface area contributed by atoms with Gasteiger partial charge in [-0.25, -0.2) is 9.97 Å². The lowest BCUT2D eigenvalue weighted by atomic mass is 10.1. The maximum atomic E-state index is 10.7. The van der Waals surface area contributed by atoms with E-state index in [9.17, 15) is 10.1 Å². The Morgan fingerprint density at radius 2 is 2.05 bits per heavy atom. The largest absolute Gasteiger partial charge is 0.327 e. The number of nitro groups is 1. The molecule has 0 saturated heterocycles. The maximum absolute atomic E-state index is 10.7.